The molecule has 4 heteroatoms. The number of phenolic OH excluding ortho intramolecular Hbond substituents is 2. The maximum absolute atomic E-state index is 10.3. The number of ether oxygens (including phenoxy) is 1. The van der Waals surface area contributed by atoms with Gasteiger partial charge in [0, 0.05) is 24.0 Å². The molecule has 0 amide bonds. The average molecular weight is 284 g/mol. The number of benzene rings is 2. The molecule has 0 radical (unpaired) electrons. The van der Waals surface area contributed by atoms with E-state index >= 15 is 0 Å². The predicted molar refractivity (Wildman–Crippen MR) is 78.7 cm³/mol. The molecule has 1 atom stereocenters. The van der Waals surface area contributed by atoms with Gasteiger partial charge in [-0.1, -0.05) is 6.07 Å². The molecule has 2 aromatic rings. The minimum absolute atomic E-state index is 0.0213. The maximum Gasteiger partial charge on any atom is 0.165 e. The smallest absolute Gasteiger partial charge is 0.165 e. The van der Waals surface area contributed by atoms with Gasteiger partial charge in [0.1, 0.15) is 11.8 Å². The normalized spacial score (nSPS) is 18.8. The summed E-state index contributed by atoms with van der Waals surface area (Å²) >= 11 is 0. The van der Waals surface area contributed by atoms with Gasteiger partial charge in [-0.05, 0) is 34.9 Å². The number of phenols is 2. The summed E-state index contributed by atoms with van der Waals surface area (Å²) in [5.74, 6) is 0.718. The van der Waals surface area contributed by atoms with Crippen molar-refractivity contribution in [2.45, 2.75) is 18.9 Å². The molecule has 0 saturated heterocycles. The molecule has 108 valence electrons. The second kappa shape index (κ2) is 4.40. The SMILES string of the molecule is COc1cc2c3c(c1)-c1c(ccc(O)c1O)C[C@H]3[NH2+]CC2. The Labute approximate surface area is 123 Å². The number of hydrogen-bond acceptors (Lipinski definition) is 3. The Morgan fingerprint density at radius 3 is 2.86 bits per heavy atom. The van der Waals surface area contributed by atoms with Gasteiger partial charge in [0.25, 0.3) is 0 Å². The number of aromatic hydroxyl groups is 2. The van der Waals surface area contributed by atoms with Crippen molar-refractivity contribution < 1.29 is 20.3 Å². The summed E-state index contributed by atoms with van der Waals surface area (Å²) in [5, 5.41) is 22.5. The summed E-state index contributed by atoms with van der Waals surface area (Å²) in [5.41, 5.74) is 5.43. The van der Waals surface area contributed by atoms with Crippen molar-refractivity contribution in [1.82, 2.24) is 0 Å². The minimum Gasteiger partial charge on any atom is -0.504 e. The van der Waals surface area contributed by atoms with Crippen LogP contribution in [0.4, 0.5) is 0 Å². The first kappa shape index (κ1) is 12.5. The molecule has 21 heavy (non-hydrogen) atoms. The molecule has 4 N–H and O–H groups in total. The van der Waals surface area contributed by atoms with E-state index in [1.165, 1.54) is 11.1 Å². The molecule has 2 aromatic carbocycles. The van der Waals surface area contributed by atoms with Crippen molar-refractivity contribution in [2.75, 3.05) is 13.7 Å². The summed E-state index contributed by atoms with van der Waals surface area (Å²) in [6.07, 6.45) is 1.89. The van der Waals surface area contributed by atoms with Crippen molar-refractivity contribution in [1.29, 1.82) is 0 Å². The highest BCUT2D eigenvalue weighted by atomic mass is 16.5. The Bertz CT molecular complexity index is 739. The van der Waals surface area contributed by atoms with Gasteiger partial charge < -0.3 is 20.3 Å². The minimum atomic E-state index is -0.0661. The summed E-state index contributed by atoms with van der Waals surface area (Å²) in [4.78, 5) is 0. The lowest BCUT2D eigenvalue weighted by Gasteiger charge is -2.32. The Hall–Kier alpha value is -2.20. The first-order chi connectivity index (χ1) is 10.2. The second-order valence-corrected chi connectivity index (χ2v) is 5.80. The van der Waals surface area contributed by atoms with Crippen LogP contribution in [-0.2, 0) is 12.8 Å². The molecule has 1 aliphatic heterocycles. The van der Waals surface area contributed by atoms with Crippen molar-refractivity contribution in [3.05, 3.63) is 41.0 Å². The van der Waals surface area contributed by atoms with E-state index in [0.717, 1.165) is 41.8 Å². The van der Waals surface area contributed by atoms with Gasteiger partial charge >= 0.3 is 0 Å². The molecule has 1 aliphatic carbocycles. The maximum atomic E-state index is 10.3. The molecule has 2 aliphatic rings. The fourth-order valence-corrected chi connectivity index (χ4v) is 3.73. The molecule has 0 aromatic heterocycles. The van der Waals surface area contributed by atoms with E-state index in [1.807, 2.05) is 12.1 Å². The Balaban J connectivity index is 2.06. The van der Waals surface area contributed by atoms with Crippen LogP contribution in [0.3, 0.4) is 0 Å². The summed E-state index contributed by atoms with van der Waals surface area (Å²) in [6.45, 7) is 1.07. The van der Waals surface area contributed by atoms with Gasteiger partial charge in [-0.3, -0.25) is 0 Å². The van der Waals surface area contributed by atoms with Crippen molar-refractivity contribution in [3.63, 3.8) is 0 Å². The zero-order chi connectivity index (χ0) is 14.6. The summed E-state index contributed by atoms with van der Waals surface area (Å²) in [7, 11) is 1.66. The number of hydrogen-bond donors (Lipinski definition) is 3. The largest absolute Gasteiger partial charge is 0.504 e. The van der Waals surface area contributed by atoms with Crippen LogP contribution in [0.1, 0.15) is 22.7 Å². The van der Waals surface area contributed by atoms with Crippen LogP contribution >= 0.6 is 0 Å². The lowest BCUT2D eigenvalue weighted by molar-refractivity contribution is -0.698. The van der Waals surface area contributed by atoms with Crippen LogP contribution in [0.5, 0.6) is 17.2 Å². The van der Waals surface area contributed by atoms with E-state index in [4.69, 9.17) is 4.74 Å². The lowest BCUT2D eigenvalue weighted by atomic mass is 9.77. The monoisotopic (exact) mass is 284 g/mol. The summed E-state index contributed by atoms with van der Waals surface area (Å²) in [6, 6.07) is 7.95. The van der Waals surface area contributed by atoms with Crippen LogP contribution < -0.4 is 10.1 Å². The van der Waals surface area contributed by atoms with Crippen LogP contribution in [-0.4, -0.2) is 23.9 Å². The molecule has 0 unspecified atom stereocenters. The first-order valence-corrected chi connectivity index (χ1v) is 7.27. The van der Waals surface area contributed by atoms with E-state index < -0.39 is 0 Å². The van der Waals surface area contributed by atoms with Crippen LogP contribution in [0.25, 0.3) is 11.1 Å². The van der Waals surface area contributed by atoms with Gasteiger partial charge in [0.15, 0.2) is 11.5 Å². The fraction of sp³-hybridized carbons (Fsp3) is 0.294. The third-order valence-electron chi connectivity index (χ3n) is 4.66. The van der Waals surface area contributed by atoms with Crippen molar-refractivity contribution in [3.8, 4) is 28.4 Å². The molecule has 0 fully saturated rings. The highest BCUT2D eigenvalue weighted by Gasteiger charge is 2.34. The summed E-state index contributed by atoms with van der Waals surface area (Å²) < 4.78 is 5.41. The Morgan fingerprint density at radius 1 is 1.19 bits per heavy atom. The van der Waals surface area contributed by atoms with E-state index in [1.54, 1.807) is 13.2 Å². The third kappa shape index (κ3) is 1.72. The van der Waals surface area contributed by atoms with E-state index in [0.29, 0.717) is 6.04 Å². The van der Waals surface area contributed by atoms with Crippen LogP contribution in [0.2, 0.25) is 0 Å². The molecule has 1 heterocycles. The number of quaternary nitrogens is 1. The van der Waals surface area contributed by atoms with Crippen molar-refractivity contribution >= 4 is 0 Å². The number of methoxy groups -OCH3 is 1. The molecule has 4 nitrogen and oxygen atoms in total. The van der Waals surface area contributed by atoms with Crippen LogP contribution in [0.15, 0.2) is 24.3 Å². The van der Waals surface area contributed by atoms with Crippen LogP contribution in [0, 0.1) is 0 Å². The molecule has 0 bridgehead atoms. The van der Waals surface area contributed by atoms with Gasteiger partial charge in [-0.15, -0.1) is 0 Å². The Kier molecular flexibility index (Phi) is 2.62. The number of nitrogens with two attached hydrogens (primary N) is 1. The topological polar surface area (TPSA) is 66.3 Å². The standard InChI is InChI=1S/C17H17NO3/c1-21-11-6-10-4-5-18-13-7-9-2-3-14(19)17(20)16(9)12(8-11)15(10)13/h2-3,6,8,13,18-20H,4-5,7H2,1H3/p+1/t13-/m1/s1. The van der Waals surface area contributed by atoms with E-state index in [9.17, 15) is 10.2 Å². The first-order valence-electron chi connectivity index (χ1n) is 7.27. The molecular formula is C17H18NO3+. The molecule has 0 saturated carbocycles. The highest BCUT2D eigenvalue weighted by molar-refractivity contribution is 5.82. The quantitative estimate of drug-likeness (QED) is 0.695. The lowest BCUT2D eigenvalue weighted by Crippen LogP contribution is -2.87. The Morgan fingerprint density at radius 2 is 2.05 bits per heavy atom. The van der Waals surface area contributed by atoms with Gasteiger partial charge in [0.2, 0.25) is 0 Å². The number of rotatable bonds is 1. The molecule has 0 spiro atoms. The zero-order valence-corrected chi connectivity index (χ0v) is 11.9. The second-order valence-electron chi connectivity index (χ2n) is 5.80. The molecule has 4 rings (SSSR count). The zero-order valence-electron chi connectivity index (χ0n) is 11.9. The molecular weight excluding hydrogens is 266 g/mol. The van der Waals surface area contributed by atoms with Gasteiger partial charge in [0.05, 0.1) is 13.7 Å². The predicted octanol–water partition coefficient (Wildman–Crippen LogP) is 1.49. The van der Waals surface area contributed by atoms with Crippen molar-refractivity contribution in [2.24, 2.45) is 0 Å². The third-order valence-corrected chi connectivity index (χ3v) is 4.66. The van der Waals surface area contributed by atoms with Gasteiger partial charge in [-0.2, -0.15) is 0 Å². The fourth-order valence-electron chi connectivity index (χ4n) is 3.73. The number of fused-ring (bicyclic) bond motifs is 2. The van der Waals surface area contributed by atoms with E-state index in [2.05, 4.69) is 11.4 Å². The van der Waals surface area contributed by atoms with Gasteiger partial charge in [-0.25, -0.2) is 0 Å². The highest BCUT2D eigenvalue weighted by Crippen LogP contribution is 2.48. The average Bonchev–Trinajstić information content (AvgIpc) is 2.51. The van der Waals surface area contributed by atoms with E-state index in [-0.39, 0.29) is 11.5 Å².